The summed E-state index contributed by atoms with van der Waals surface area (Å²) in [4.78, 5) is 22.6. The Morgan fingerprint density at radius 3 is 2.27 bits per heavy atom. The van der Waals surface area contributed by atoms with Crippen molar-refractivity contribution >= 4 is 11.9 Å². The van der Waals surface area contributed by atoms with E-state index in [1.54, 1.807) is 13.8 Å². The maximum Gasteiger partial charge on any atom is 0.345 e. The standard InChI is InChI=1S/C10H16O5/c1-3-5-8(9(12)14-4-2)10(13)15-7-6-11/h5,11H,3-4,6-7H2,1-2H3/b8-5-. The largest absolute Gasteiger partial charge is 0.462 e. The van der Waals surface area contributed by atoms with E-state index < -0.39 is 11.9 Å². The van der Waals surface area contributed by atoms with Gasteiger partial charge in [0.2, 0.25) is 0 Å². The summed E-state index contributed by atoms with van der Waals surface area (Å²) in [6.45, 7) is 3.25. The second kappa shape index (κ2) is 7.99. The zero-order valence-electron chi connectivity index (χ0n) is 8.99. The molecule has 0 spiro atoms. The van der Waals surface area contributed by atoms with Gasteiger partial charge in [-0.15, -0.1) is 0 Å². The van der Waals surface area contributed by atoms with Gasteiger partial charge in [0.25, 0.3) is 0 Å². The van der Waals surface area contributed by atoms with E-state index >= 15 is 0 Å². The fourth-order valence-electron chi connectivity index (χ4n) is 0.879. The Labute approximate surface area is 88.7 Å². The van der Waals surface area contributed by atoms with Gasteiger partial charge in [0.15, 0.2) is 0 Å². The minimum atomic E-state index is -0.760. The highest BCUT2D eigenvalue weighted by molar-refractivity contribution is 6.14. The van der Waals surface area contributed by atoms with E-state index in [-0.39, 0.29) is 25.4 Å². The smallest absolute Gasteiger partial charge is 0.345 e. The fourth-order valence-corrected chi connectivity index (χ4v) is 0.879. The summed E-state index contributed by atoms with van der Waals surface area (Å²) < 4.78 is 9.30. The monoisotopic (exact) mass is 216 g/mol. The number of hydrogen-bond donors (Lipinski definition) is 1. The molecule has 0 atom stereocenters. The molecule has 86 valence electrons. The molecule has 0 rings (SSSR count). The van der Waals surface area contributed by atoms with Crippen molar-refractivity contribution in [1.29, 1.82) is 0 Å². The van der Waals surface area contributed by atoms with Crippen LogP contribution in [-0.4, -0.2) is 36.9 Å². The first-order chi connectivity index (χ1) is 7.17. The molecule has 1 N–H and O–H groups in total. The Balaban J connectivity index is 4.45. The van der Waals surface area contributed by atoms with Crippen molar-refractivity contribution in [2.45, 2.75) is 20.3 Å². The average molecular weight is 216 g/mol. The van der Waals surface area contributed by atoms with Gasteiger partial charge < -0.3 is 14.6 Å². The minimum Gasteiger partial charge on any atom is -0.462 e. The molecule has 0 heterocycles. The topological polar surface area (TPSA) is 72.8 Å². The van der Waals surface area contributed by atoms with E-state index in [1.807, 2.05) is 0 Å². The van der Waals surface area contributed by atoms with Crippen LogP contribution >= 0.6 is 0 Å². The van der Waals surface area contributed by atoms with Gasteiger partial charge in [-0.2, -0.15) is 0 Å². The van der Waals surface area contributed by atoms with E-state index in [1.165, 1.54) is 6.08 Å². The van der Waals surface area contributed by atoms with E-state index in [9.17, 15) is 9.59 Å². The molecule has 0 aromatic heterocycles. The number of ether oxygens (including phenoxy) is 2. The molecule has 0 unspecified atom stereocenters. The van der Waals surface area contributed by atoms with Crippen LogP contribution in [0.3, 0.4) is 0 Å². The molecule has 0 aliphatic heterocycles. The molecule has 0 amide bonds. The van der Waals surface area contributed by atoms with Crippen LogP contribution in [0, 0.1) is 0 Å². The number of aliphatic hydroxyl groups excluding tert-OH is 1. The molecule has 0 aromatic rings. The molecule has 0 saturated heterocycles. The Hall–Kier alpha value is -1.36. The molecule has 0 aliphatic rings. The Morgan fingerprint density at radius 1 is 1.20 bits per heavy atom. The predicted molar refractivity (Wildman–Crippen MR) is 53.1 cm³/mol. The van der Waals surface area contributed by atoms with E-state index in [2.05, 4.69) is 9.47 Å². The van der Waals surface area contributed by atoms with Crippen LogP contribution in [0.5, 0.6) is 0 Å². The first kappa shape index (κ1) is 13.6. The average Bonchev–Trinajstić information content (AvgIpc) is 2.22. The molecule has 0 fully saturated rings. The van der Waals surface area contributed by atoms with Gasteiger partial charge in [0.05, 0.1) is 13.2 Å². The molecule has 15 heavy (non-hydrogen) atoms. The van der Waals surface area contributed by atoms with Crippen LogP contribution in [0.4, 0.5) is 0 Å². The Bertz CT molecular complexity index is 244. The van der Waals surface area contributed by atoms with E-state index in [0.29, 0.717) is 6.42 Å². The number of hydrogen-bond acceptors (Lipinski definition) is 5. The summed E-state index contributed by atoms with van der Waals surface area (Å²) in [5.41, 5.74) is -0.118. The highest BCUT2D eigenvalue weighted by atomic mass is 16.6. The second-order valence-corrected chi connectivity index (χ2v) is 2.61. The lowest BCUT2D eigenvalue weighted by Gasteiger charge is -2.06. The summed E-state index contributed by atoms with van der Waals surface area (Å²) in [6, 6.07) is 0. The highest BCUT2D eigenvalue weighted by Gasteiger charge is 2.20. The Morgan fingerprint density at radius 2 is 1.80 bits per heavy atom. The van der Waals surface area contributed by atoms with Gasteiger partial charge in [0, 0.05) is 0 Å². The third kappa shape index (κ3) is 5.17. The zero-order valence-corrected chi connectivity index (χ0v) is 8.99. The lowest BCUT2D eigenvalue weighted by Crippen LogP contribution is -2.19. The van der Waals surface area contributed by atoms with Gasteiger partial charge in [-0.1, -0.05) is 13.0 Å². The first-order valence-electron chi connectivity index (χ1n) is 4.82. The second-order valence-electron chi connectivity index (χ2n) is 2.61. The van der Waals surface area contributed by atoms with E-state index in [0.717, 1.165) is 0 Å². The quantitative estimate of drug-likeness (QED) is 0.301. The molecule has 0 aliphatic carbocycles. The van der Waals surface area contributed by atoms with Gasteiger partial charge in [-0.3, -0.25) is 0 Å². The minimum absolute atomic E-state index is 0.118. The number of carbonyl (C=O) groups is 2. The van der Waals surface area contributed by atoms with Crippen LogP contribution in [0.2, 0.25) is 0 Å². The van der Waals surface area contributed by atoms with Gasteiger partial charge in [-0.25, -0.2) is 9.59 Å². The molecule has 0 aromatic carbocycles. The zero-order chi connectivity index (χ0) is 11.7. The third-order valence-electron chi connectivity index (χ3n) is 1.45. The molecule has 0 saturated carbocycles. The Kier molecular flexibility index (Phi) is 7.27. The normalized spacial score (nSPS) is 11.0. The predicted octanol–water partition coefficient (Wildman–Crippen LogP) is 0.421. The molecule has 0 radical (unpaired) electrons. The van der Waals surface area contributed by atoms with E-state index in [4.69, 9.17) is 5.11 Å². The van der Waals surface area contributed by atoms with Crippen molar-refractivity contribution in [1.82, 2.24) is 0 Å². The van der Waals surface area contributed by atoms with Gasteiger partial charge >= 0.3 is 11.9 Å². The van der Waals surface area contributed by atoms with Gasteiger partial charge in [0.1, 0.15) is 12.2 Å². The van der Waals surface area contributed by atoms with Crippen molar-refractivity contribution in [2.75, 3.05) is 19.8 Å². The fraction of sp³-hybridized carbons (Fsp3) is 0.600. The number of rotatable bonds is 6. The molecule has 5 heteroatoms. The van der Waals surface area contributed by atoms with Gasteiger partial charge in [-0.05, 0) is 13.3 Å². The highest BCUT2D eigenvalue weighted by Crippen LogP contribution is 2.03. The number of allylic oxidation sites excluding steroid dienone is 1. The first-order valence-corrected chi connectivity index (χ1v) is 4.82. The molecular formula is C10H16O5. The maximum atomic E-state index is 11.3. The lowest BCUT2D eigenvalue weighted by molar-refractivity contribution is -0.147. The van der Waals surface area contributed by atoms with Crippen molar-refractivity contribution in [3.05, 3.63) is 11.6 Å². The summed E-state index contributed by atoms with van der Waals surface area (Å²) in [5.74, 6) is -1.45. The summed E-state index contributed by atoms with van der Waals surface area (Å²) in [5, 5.41) is 8.46. The van der Waals surface area contributed by atoms with Crippen LogP contribution in [-0.2, 0) is 19.1 Å². The summed E-state index contributed by atoms with van der Waals surface area (Å²) in [7, 11) is 0. The van der Waals surface area contributed by atoms with Crippen molar-refractivity contribution in [3.63, 3.8) is 0 Å². The molecular weight excluding hydrogens is 200 g/mol. The van der Waals surface area contributed by atoms with Crippen molar-refractivity contribution < 1.29 is 24.2 Å². The van der Waals surface area contributed by atoms with Crippen LogP contribution in [0.1, 0.15) is 20.3 Å². The maximum absolute atomic E-state index is 11.3. The lowest BCUT2D eigenvalue weighted by atomic mass is 10.2. The van der Waals surface area contributed by atoms with Crippen molar-refractivity contribution in [2.24, 2.45) is 0 Å². The van der Waals surface area contributed by atoms with Crippen LogP contribution in [0.25, 0.3) is 0 Å². The SMILES string of the molecule is CC/C=C(/C(=O)OCC)C(=O)OCCO. The van der Waals surface area contributed by atoms with Crippen molar-refractivity contribution in [3.8, 4) is 0 Å². The van der Waals surface area contributed by atoms with Crippen LogP contribution in [0.15, 0.2) is 11.6 Å². The number of carbonyl (C=O) groups excluding carboxylic acids is 2. The number of esters is 2. The summed E-state index contributed by atoms with van der Waals surface area (Å²) in [6.07, 6.45) is 1.97. The molecule has 5 nitrogen and oxygen atoms in total. The summed E-state index contributed by atoms with van der Waals surface area (Å²) >= 11 is 0. The third-order valence-corrected chi connectivity index (χ3v) is 1.45. The molecule has 0 bridgehead atoms. The number of aliphatic hydroxyl groups is 1. The van der Waals surface area contributed by atoms with Crippen LogP contribution < -0.4 is 0 Å².